The van der Waals surface area contributed by atoms with E-state index in [1.54, 1.807) is 0 Å². The minimum Gasteiger partial charge on any atom is -0.508 e. The maximum Gasteiger partial charge on any atom is 0.498 e. The van der Waals surface area contributed by atoms with Gasteiger partial charge in [-0.3, -0.25) is 0 Å². The van der Waals surface area contributed by atoms with Crippen molar-refractivity contribution in [3.63, 3.8) is 0 Å². The van der Waals surface area contributed by atoms with Crippen LogP contribution in [0.3, 0.4) is 0 Å². The van der Waals surface area contributed by atoms with E-state index in [1.807, 2.05) is 6.07 Å². The van der Waals surface area contributed by atoms with Crippen LogP contribution in [0.1, 0.15) is 104 Å². The number of hydrogen-bond acceptors (Lipinski definition) is 3. The molecule has 1 heterocycles. The summed E-state index contributed by atoms with van der Waals surface area (Å²) in [5.41, 5.74) is 2.57. The quantitative estimate of drug-likeness (QED) is 0.520. The monoisotopic (exact) mass is 386 g/mol. The highest BCUT2D eigenvalue weighted by Crippen LogP contribution is 2.41. The molecule has 1 aromatic rings. The number of aromatic hydroxyl groups is 1. The van der Waals surface area contributed by atoms with Crippen molar-refractivity contribution in [1.82, 2.24) is 0 Å². The molecular formula is C24H39BO3. The summed E-state index contributed by atoms with van der Waals surface area (Å²) in [6.45, 7) is 12.9. The summed E-state index contributed by atoms with van der Waals surface area (Å²) in [6.07, 6.45) is 9.65. The Hall–Kier alpha value is -0.995. The van der Waals surface area contributed by atoms with Crippen molar-refractivity contribution >= 4 is 12.6 Å². The van der Waals surface area contributed by atoms with Gasteiger partial charge in [0, 0.05) is 5.46 Å². The Morgan fingerprint density at radius 1 is 1.04 bits per heavy atom. The first-order valence-corrected chi connectivity index (χ1v) is 11.4. The summed E-state index contributed by atoms with van der Waals surface area (Å²) < 4.78 is 12.7. The van der Waals surface area contributed by atoms with Crippen molar-refractivity contribution in [3.05, 3.63) is 23.3 Å². The summed E-state index contributed by atoms with van der Waals surface area (Å²) >= 11 is 0. The van der Waals surface area contributed by atoms with Gasteiger partial charge in [-0.05, 0) is 76.0 Å². The van der Waals surface area contributed by atoms with Crippen molar-refractivity contribution in [2.24, 2.45) is 5.92 Å². The number of rotatable bonds is 5. The largest absolute Gasteiger partial charge is 0.508 e. The summed E-state index contributed by atoms with van der Waals surface area (Å²) in [5, 5.41) is 11.1. The average Bonchev–Trinajstić information content (AvgIpc) is 2.75. The molecule has 2 aliphatic rings. The molecule has 1 saturated heterocycles. The third-order valence-electron chi connectivity index (χ3n) is 7.32. The van der Waals surface area contributed by atoms with E-state index in [-0.39, 0.29) is 0 Å². The first kappa shape index (κ1) is 21.7. The summed E-state index contributed by atoms with van der Waals surface area (Å²) in [7, 11) is -0.504. The van der Waals surface area contributed by atoms with Crippen LogP contribution in [-0.4, -0.2) is 23.4 Å². The molecule has 3 nitrogen and oxygen atoms in total. The first-order valence-electron chi connectivity index (χ1n) is 11.4. The van der Waals surface area contributed by atoms with Crippen molar-refractivity contribution < 1.29 is 14.4 Å². The summed E-state index contributed by atoms with van der Waals surface area (Å²) in [4.78, 5) is 0. The lowest BCUT2D eigenvalue weighted by atomic mass is 9.68. The standard InChI is InChI=1S/C24H39BO3/c1-7-8-13-18-15-20(19-14-11-9-10-12-17(19)2)22(21(26)16-18)25-27-23(3,4)24(5,6)28-25/h15-17,19,26H,7-14H2,1-6H3/t17-,19+/m0/s1. The van der Waals surface area contributed by atoms with Gasteiger partial charge in [-0.2, -0.15) is 0 Å². The second-order valence-corrected chi connectivity index (χ2v) is 10.0. The molecule has 1 aliphatic heterocycles. The normalized spacial score (nSPS) is 27.0. The highest BCUT2D eigenvalue weighted by Gasteiger charge is 2.53. The zero-order valence-electron chi connectivity index (χ0n) is 18.8. The number of phenols is 1. The Morgan fingerprint density at radius 2 is 1.68 bits per heavy atom. The van der Waals surface area contributed by atoms with Crippen LogP contribution >= 0.6 is 0 Å². The predicted octanol–water partition coefficient (Wildman–Crippen LogP) is 5.72. The summed E-state index contributed by atoms with van der Waals surface area (Å²) in [5.74, 6) is 1.42. The van der Waals surface area contributed by atoms with Gasteiger partial charge in [0.2, 0.25) is 0 Å². The first-order chi connectivity index (χ1) is 13.2. The van der Waals surface area contributed by atoms with E-state index in [1.165, 1.54) is 43.2 Å². The Bertz CT molecular complexity index is 667. The third kappa shape index (κ3) is 4.28. The fourth-order valence-electron chi connectivity index (χ4n) is 4.73. The molecule has 0 bridgehead atoms. The van der Waals surface area contributed by atoms with E-state index in [0.29, 0.717) is 17.6 Å². The second kappa shape index (κ2) is 8.40. The Morgan fingerprint density at radius 3 is 2.32 bits per heavy atom. The van der Waals surface area contributed by atoms with Crippen molar-refractivity contribution in [1.29, 1.82) is 0 Å². The molecule has 2 atom stereocenters. The van der Waals surface area contributed by atoms with Crippen LogP contribution in [0.25, 0.3) is 0 Å². The highest BCUT2D eigenvalue weighted by atomic mass is 16.7. The fourth-order valence-corrected chi connectivity index (χ4v) is 4.73. The molecule has 4 heteroatoms. The molecule has 0 unspecified atom stereocenters. The molecule has 0 aromatic heterocycles. The molecule has 156 valence electrons. The molecule has 2 fully saturated rings. The number of unbranched alkanes of at least 4 members (excludes halogenated alkanes) is 1. The lowest BCUT2D eigenvalue weighted by molar-refractivity contribution is 0.00578. The molecule has 0 spiro atoms. The Balaban J connectivity index is 2.05. The minimum absolute atomic E-state index is 0.346. The van der Waals surface area contributed by atoms with Crippen LogP contribution < -0.4 is 5.46 Å². The lowest BCUT2D eigenvalue weighted by Gasteiger charge is -2.32. The van der Waals surface area contributed by atoms with E-state index < -0.39 is 18.3 Å². The Labute approximate surface area is 172 Å². The topological polar surface area (TPSA) is 38.7 Å². The van der Waals surface area contributed by atoms with Gasteiger partial charge >= 0.3 is 7.12 Å². The average molecular weight is 386 g/mol. The van der Waals surface area contributed by atoms with Crippen LogP contribution in [0.5, 0.6) is 5.75 Å². The minimum atomic E-state index is -0.504. The number of phenolic OH excluding ortho intramolecular Hbond substituents is 1. The molecule has 28 heavy (non-hydrogen) atoms. The molecular weight excluding hydrogens is 347 g/mol. The molecule has 0 amide bonds. The van der Waals surface area contributed by atoms with Crippen molar-refractivity contribution in [2.75, 3.05) is 0 Å². The maximum absolute atomic E-state index is 11.1. The highest BCUT2D eigenvalue weighted by molar-refractivity contribution is 6.63. The van der Waals surface area contributed by atoms with Gasteiger partial charge in [0.15, 0.2) is 0 Å². The smallest absolute Gasteiger partial charge is 0.498 e. The SMILES string of the molecule is CCCCc1cc(O)c(B2OC(C)(C)C(C)(C)O2)c([C@@H]2CCCCC[C@@H]2C)c1. The van der Waals surface area contributed by atoms with Crippen LogP contribution in [0.2, 0.25) is 0 Å². The molecule has 1 aliphatic carbocycles. The predicted molar refractivity (Wildman–Crippen MR) is 117 cm³/mol. The van der Waals surface area contributed by atoms with Crippen molar-refractivity contribution in [2.45, 2.75) is 110 Å². The zero-order chi connectivity index (χ0) is 20.5. The van der Waals surface area contributed by atoms with E-state index in [9.17, 15) is 5.11 Å². The van der Waals surface area contributed by atoms with Gasteiger partial charge in [0.05, 0.1) is 11.2 Å². The van der Waals surface area contributed by atoms with Crippen LogP contribution in [0, 0.1) is 5.92 Å². The zero-order valence-corrected chi connectivity index (χ0v) is 18.8. The van der Waals surface area contributed by atoms with Crippen LogP contribution in [-0.2, 0) is 15.7 Å². The lowest BCUT2D eigenvalue weighted by Crippen LogP contribution is -2.41. The van der Waals surface area contributed by atoms with E-state index in [4.69, 9.17) is 9.31 Å². The van der Waals surface area contributed by atoms with Crippen LogP contribution in [0.15, 0.2) is 12.1 Å². The van der Waals surface area contributed by atoms with Gasteiger partial charge < -0.3 is 14.4 Å². The second-order valence-electron chi connectivity index (χ2n) is 10.0. The number of hydrogen-bond donors (Lipinski definition) is 1. The number of aryl methyl sites for hydroxylation is 1. The Kier molecular flexibility index (Phi) is 6.51. The molecule has 1 saturated carbocycles. The van der Waals surface area contributed by atoms with Gasteiger partial charge in [0.1, 0.15) is 5.75 Å². The van der Waals surface area contributed by atoms with Gasteiger partial charge in [-0.1, -0.05) is 52.0 Å². The van der Waals surface area contributed by atoms with Crippen LogP contribution in [0.4, 0.5) is 0 Å². The van der Waals surface area contributed by atoms with E-state index in [2.05, 4.69) is 47.6 Å². The fraction of sp³-hybridized carbons (Fsp3) is 0.750. The van der Waals surface area contributed by atoms with E-state index >= 15 is 0 Å². The van der Waals surface area contributed by atoms with Crippen molar-refractivity contribution in [3.8, 4) is 5.75 Å². The van der Waals surface area contributed by atoms with Gasteiger partial charge in [-0.25, -0.2) is 0 Å². The molecule has 0 radical (unpaired) electrons. The molecule has 1 aromatic carbocycles. The van der Waals surface area contributed by atoms with E-state index in [0.717, 1.165) is 24.7 Å². The number of benzene rings is 1. The van der Waals surface area contributed by atoms with Gasteiger partial charge in [0.25, 0.3) is 0 Å². The molecule has 1 N–H and O–H groups in total. The summed E-state index contributed by atoms with van der Waals surface area (Å²) in [6, 6.07) is 4.29. The van der Waals surface area contributed by atoms with Gasteiger partial charge in [-0.15, -0.1) is 0 Å². The maximum atomic E-state index is 11.1. The third-order valence-corrected chi connectivity index (χ3v) is 7.32. The molecule has 3 rings (SSSR count).